The minimum absolute atomic E-state index is 0.265. The molecule has 110 valence electrons. The van der Waals surface area contributed by atoms with Gasteiger partial charge in [-0.15, -0.1) is 0 Å². The molecule has 0 radical (unpaired) electrons. The van der Waals surface area contributed by atoms with E-state index in [1.165, 1.54) is 0 Å². The maximum absolute atomic E-state index is 11.3. The maximum atomic E-state index is 11.3. The third-order valence-electron chi connectivity index (χ3n) is 3.48. The SMILES string of the molecule is NC(=O)[C@@]1(O)CCCN(CCOc2cccc(Cl)c2)C1. The maximum Gasteiger partial charge on any atom is 0.250 e. The quantitative estimate of drug-likeness (QED) is 0.851. The van der Waals surface area contributed by atoms with E-state index < -0.39 is 11.5 Å². The molecular formula is C14H19ClN2O3. The summed E-state index contributed by atoms with van der Waals surface area (Å²) in [5, 5.41) is 10.7. The molecule has 2 rings (SSSR count). The second-order valence-corrected chi connectivity index (χ2v) is 5.52. The summed E-state index contributed by atoms with van der Waals surface area (Å²) in [6.45, 7) is 2.19. The van der Waals surface area contributed by atoms with Crippen LogP contribution in [0.2, 0.25) is 5.02 Å². The molecule has 0 aliphatic carbocycles. The van der Waals surface area contributed by atoms with E-state index >= 15 is 0 Å². The Morgan fingerprint density at radius 2 is 2.35 bits per heavy atom. The molecule has 0 saturated carbocycles. The monoisotopic (exact) mass is 298 g/mol. The second kappa shape index (κ2) is 6.43. The number of likely N-dealkylation sites (tertiary alicyclic amines) is 1. The first-order valence-corrected chi connectivity index (χ1v) is 7.00. The number of benzene rings is 1. The third kappa shape index (κ3) is 3.85. The van der Waals surface area contributed by atoms with Crippen molar-refractivity contribution in [2.75, 3.05) is 26.2 Å². The van der Waals surface area contributed by atoms with E-state index in [9.17, 15) is 9.90 Å². The summed E-state index contributed by atoms with van der Waals surface area (Å²) < 4.78 is 5.59. The summed E-state index contributed by atoms with van der Waals surface area (Å²) in [6.07, 6.45) is 1.17. The van der Waals surface area contributed by atoms with Crippen molar-refractivity contribution in [3.63, 3.8) is 0 Å². The van der Waals surface area contributed by atoms with Crippen LogP contribution in [0.3, 0.4) is 0 Å². The van der Waals surface area contributed by atoms with E-state index in [0.717, 1.165) is 13.0 Å². The van der Waals surface area contributed by atoms with E-state index in [-0.39, 0.29) is 6.54 Å². The number of primary amides is 1. The van der Waals surface area contributed by atoms with Crippen LogP contribution < -0.4 is 10.5 Å². The van der Waals surface area contributed by atoms with Gasteiger partial charge in [-0.1, -0.05) is 17.7 Å². The fourth-order valence-electron chi connectivity index (χ4n) is 2.36. The number of piperidine rings is 1. The van der Waals surface area contributed by atoms with Crippen LogP contribution in [-0.4, -0.2) is 47.8 Å². The van der Waals surface area contributed by atoms with Gasteiger partial charge in [-0.25, -0.2) is 0 Å². The molecule has 6 heteroatoms. The number of amides is 1. The van der Waals surface area contributed by atoms with E-state index in [4.69, 9.17) is 22.1 Å². The average Bonchev–Trinajstić information content (AvgIpc) is 2.39. The zero-order chi connectivity index (χ0) is 14.6. The summed E-state index contributed by atoms with van der Waals surface area (Å²) in [5.41, 5.74) is 3.83. The number of hydrogen-bond donors (Lipinski definition) is 2. The highest BCUT2D eigenvalue weighted by Crippen LogP contribution is 2.21. The van der Waals surface area contributed by atoms with Crippen molar-refractivity contribution in [1.82, 2.24) is 4.90 Å². The molecule has 1 aromatic carbocycles. The van der Waals surface area contributed by atoms with Crippen molar-refractivity contribution in [3.8, 4) is 5.75 Å². The number of nitrogens with zero attached hydrogens (tertiary/aromatic N) is 1. The smallest absolute Gasteiger partial charge is 0.250 e. The van der Waals surface area contributed by atoms with E-state index in [1.807, 2.05) is 17.0 Å². The molecule has 0 spiro atoms. The number of ether oxygens (including phenoxy) is 1. The van der Waals surface area contributed by atoms with Crippen molar-refractivity contribution >= 4 is 17.5 Å². The minimum Gasteiger partial charge on any atom is -0.492 e. The fraction of sp³-hybridized carbons (Fsp3) is 0.500. The van der Waals surface area contributed by atoms with Crippen LogP contribution in [0, 0.1) is 0 Å². The zero-order valence-corrected chi connectivity index (χ0v) is 12.0. The number of carbonyl (C=O) groups excluding carboxylic acids is 1. The lowest BCUT2D eigenvalue weighted by molar-refractivity contribution is -0.142. The highest BCUT2D eigenvalue weighted by Gasteiger charge is 2.38. The molecule has 5 nitrogen and oxygen atoms in total. The first kappa shape index (κ1) is 15.1. The van der Waals surface area contributed by atoms with Gasteiger partial charge in [0.2, 0.25) is 0 Å². The summed E-state index contributed by atoms with van der Waals surface area (Å²) in [4.78, 5) is 13.2. The van der Waals surface area contributed by atoms with Gasteiger partial charge in [0.15, 0.2) is 5.60 Å². The van der Waals surface area contributed by atoms with Crippen LogP contribution in [0.5, 0.6) is 5.75 Å². The Labute approximate surface area is 123 Å². The lowest BCUT2D eigenvalue weighted by Gasteiger charge is -2.36. The van der Waals surface area contributed by atoms with Crippen LogP contribution in [0.1, 0.15) is 12.8 Å². The van der Waals surface area contributed by atoms with Crippen molar-refractivity contribution in [3.05, 3.63) is 29.3 Å². The van der Waals surface area contributed by atoms with Crippen molar-refractivity contribution in [1.29, 1.82) is 0 Å². The Morgan fingerprint density at radius 3 is 3.05 bits per heavy atom. The zero-order valence-electron chi connectivity index (χ0n) is 11.2. The Bertz CT molecular complexity index is 483. The molecular weight excluding hydrogens is 280 g/mol. The molecule has 1 heterocycles. The molecule has 1 fully saturated rings. The number of carbonyl (C=O) groups is 1. The topological polar surface area (TPSA) is 75.8 Å². The predicted molar refractivity (Wildman–Crippen MR) is 76.8 cm³/mol. The molecule has 1 aliphatic rings. The molecule has 0 bridgehead atoms. The summed E-state index contributed by atoms with van der Waals surface area (Å²) in [5.74, 6) is 0.0534. The Kier molecular flexibility index (Phi) is 4.86. The summed E-state index contributed by atoms with van der Waals surface area (Å²) in [6, 6.07) is 7.19. The normalized spacial score (nSPS) is 23.5. The number of halogens is 1. The standard InChI is InChI=1S/C14H19ClN2O3/c15-11-3-1-4-12(9-11)20-8-7-17-6-2-5-14(19,10-17)13(16)18/h1,3-4,9,19H,2,5-8,10H2,(H2,16,18)/t14-/m1/s1. The first-order chi connectivity index (χ1) is 9.49. The Morgan fingerprint density at radius 1 is 1.55 bits per heavy atom. The van der Waals surface area contributed by atoms with Crippen molar-refractivity contribution < 1.29 is 14.6 Å². The molecule has 3 N–H and O–H groups in total. The first-order valence-electron chi connectivity index (χ1n) is 6.63. The second-order valence-electron chi connectivity index (χ2n) is 5.08. The number of aliphatic hydroxyl groups is 1. The highest BCUT2D eigenvalue weighted by atomic mass is 35.5. The van der Waals surface area contributed by atoms with E-state index in [1.54, 1.807) is 12.1 Å². The largest absolute Gasteiger partial charge is 0.492 e. The number of rotatable bonds is 5. The number of hydrogen-bond acceptors (Lipinski definition) is 4. The van der Waals surface area contributed by atoms with Gasteiger partial charge in [-0.2, -0.15) is 0 Å². The van der Waals surface area contributed by atoms with Crippen LogP contribution in [0.25, 0.3) is 0 Å². The van der Waals surface area contributed by atoms with Crippen molar-refractivity contribution in [2.24, 2.45) is 5.73 Å². The summed E-state index contributed by atoms with van der Waals surface area (Å²) in [7, 11) is 0. The average molecular weight is 299 g/mol. The minimum atomic E-state index is -1.41. The van der Waals surface area contributed by atoms with Crippen molar-refractivity contribution in [2.45, 2.75) is 18.4 Å². The highest BCUT2D eigenvalue weighted by molar-refractivity contribution is 6.30. The Hall–Kier alpha value is -1.30. The van der Waals surface area contributed by atoms with E-state index in [2.05, 4.69) is 0 Å². The van der Waals surface area contributed by atoms with Crippen LogP contribution in [0.4, 0.5) is 0 Å². The summed E-state index contributed by atoms with van der Waals surface area (Å²) >= 11 is 5.87. The molecule has 20 heavy (non-hydrogen) atoms. The van der Waals surface area contributed by atoms with E-state index in [0.29, 0.717) is 30.3 Å². The number of nitrogens with two attached hydrogens (primary N) is 1. The fourth-order valence-corrected chi connectivity index (χ4v) is 2.54. The third-order valence-corrected chi connectivity index (χ3v) is 3.72. The van der Waals surface area contributed by atoms with Gasteiger partial charge in [-0.3, -0.25) is 9.69 Å². The molecule has 1 saturated heterocycles. The van der Waals surface area contributed by atoms with Gasteiger partial charge < -0.3 is 15.6 Å². The van der Waals surface area contributed by atoms with Gasteiger partial charge in [0, 0.05) is 18.1 Å². The van der Waals surface area contributed by atoms with Gasteiger partial charge in [-0.05, 0) is 37.6 Å². The van der Waals surface area contributed by atoms with Gasteiger partial charge >= 0.3 is 0 Å². The molecule has 1 aromatic rings. The lowest BCUT2D eigenvalue weighted by Crippen LogP contribution is -2.56. The molecule has 0 unspecified atom stereocenters. The molecule has 1 atom stereocenters. The number of β-amino-alcohol motifs (C(OH)–C–C–N with tert-alkyl or cyclic N) is 1. The van der Waals surface area contributed by atoms with Gasteiger partial charge in [0.1, 0.15) is 12.4 Å². The van der Waals surface area contributed by atoms with Crippen LogP contribution in [0.15, 0.2) is 24.3 Å². The molecule has 1 amide bonds. The molecule has 1 aliphatic heterocycles. The van der Waals surface area contributed by atoms with Gasteiger partial charge in [0.25, 0.3) is 5.91 Å². The van der Waals surface area contributed by atoms with Gasteiger partial charge in [0.05, 0.1) is 0 Å². The lowest BCUT2D eigenvalue weighted by atomic mass is 9.92. The van der Waals surface area contributed by atoms with Crippen LogP contribution >= 0.6 is 11.6 Å². The van der Waals surface area contributed by atoms with Crippen LogP contribution in [-0.2, 0) is 4.79 Å². The Balaban J connectivity index is 1.81. The molecule has 0 aromatic heterocycles. The predicted octanol–water partition coefficient (Wildman–Crippen LogP) is 1.03.